The SMILES string of the molecule is CCOc1ccc(C)cc1S(=O)(=O)NCC1(c2ccc(C(C)O)s2)CCCC1. The predicted molar refractivity (Wildman–Crippen MR) is 113 cm³/mol. The van der Waals surface area contributed by atoms with Crippen molar-refractivity contribution in [3.63, 3.8) is 0 Å². The zero-order valence-electron chi connectivity index (χ0n) is 16.7. The number of thiophene rings is 1. The molecule has 0 amide bonds. The Morgan fingerprint density at radius 3 is 2.57 bits per heavy atom. The molecule has 1 unspecified atom stereocenters. The van der Waals surface area contributed by atoms with Crippen molar-refractivity contribution in [1.29, 1.82) is 0 Å². The molecule has 28 heavy (non-hydrogen) atoms. The molecule has 0 radical (unpaired) electrons. The number of rotatable bonds is 8. The van der Waals surface area contributed by atoms with Gasteiger partial charge in [0, 0.05) is 21.7 Å². The Balaban J connectivity index is 1.86. The first-order valence-electron chi connectivity index (χ1n) is 9.79. The molecule has 0 saturated heterocycles. The average Bonchev–Trinajstić information content (AvgIpc) is 3.32. The second-order valence-electron chi connectivity index (χ2n) is 7.57. The van der Waals surface area contributed by atoms with Crippen molar-refractivity contribution < 1.29 is 18.3 Å². The van der Waals surface area contributed by atoms with Crippen LogP contribution in [0.1, 0.15) is 61.0 Å². The van der Waals surface area contributed by atoms with Crippen LogP contribution in [0.15, 0.2) is 35.2 Å². The molecule has 1 fully saturated rings. The second-order valence-corrected chi connectivity index (χ2v) is 10.4. The van der Waals surface area contributed by atoms with Gasteiger partial charge in [-0.2, -0.15) is 0 Å². The second kappa shape index (κ2) is 8.53. The summed E-state index contributed by atoms with van der Waals surface area (Å²) in [5.41, 5.74) is 0.666. The Kier molecular flexibility index (Phi) is 6.49. The van der Waals surface area contributed by atoms with Gasteiger partial charge in [-0.25, -0.2) is 13.1 Å². The van der Waals surface area contributed by atoms with E-state index in [1.165, 1.54) is 0 Å². The molecule has 0 aliphatic heterocycles. The highest BCUT2D eigenvalue weighted by Crippen LogP contribution is 2.44. The van der Waals surface area contributed by atoms with Gasteiger partial charge in [0.2, 0.25) is 10.0 Å². The van der Waals surface area contributed by atoms with Gasteiger partial charge < -0.3 is 9.84 Å². The van der Waals surface area contributed by atoms with Crippen LogP contribution in [0.5, 0.6) is 5.75 Å². The van der Waals surface area contributed by atoms with Crippen LogP contribution < -0.4 is 9.46 Å². The van der Waals surface area contributed by atoms with Gasteiger partial charge in [0.25, 0.3) is 0 Å². The molecule has 2 aromatic rings. The van der Waals surface area contributed by atoms with Crippen molar-refractivity contribution in [3.8, 4) is 5.75 Å². The van der Waals surface area contributed by atoms with Crippen molar-refractivity contribution in [2.75, 3.05) is 13.2 Å². The lowest BCUT2D eigenvalue weighted by Crippen LogP contribution is -2.38. The van der Waals surface area contributed by atoms with Gasteiger partial charge in [-0.1, -0.05) is 18.9 Å². The Hall–Kier alpha value is -1.41. The van der Waals surface area contributed by atoms with Crippen LogP contribution >= 0.6 is 11.3 Å². The van der Waals surface area contributed by atoms with Crippen LogP contribution in [0.25, 0.3) is 0 Å². The number of hydrogen-bond donors (Lipinski definition) is 2. The lowest BCUT2D eigenvalue weighted by atomic mass is 9.85. The van der Waals surface area contributed by atoms with Gasteiger partial charge in [0.05, 0.1) is 12.7 Å². The van der Waals surface area contributed by atoms with Gasteiger partial charge in [-0.05, 0) is 63.4 Å². The molecule has 1 aromatic carbocycles. The highest BCUT2D eigenvalue weighted by Gasteiger charge is 2.38. The Morgan fingerprint density at radius 1 is 1.25 bits per heavy atom. The molecular formula is C21H29NO4S2. The van der Waals surface area contributed by atoms with Gasteiger partial charge in [-0.15, -0.1) is 11.3 Å². The summed E-state index contributed by atoms with van der Waals surface area (Å²) >= 11 is 1.59. The maximum Gasteiger partial charge on any atom is 0.244 e. The number of nitrogens with one attached hydrogen (secondary N) is 1. The molecule has 1 heterocycles. The lowest BCUT2D eigenvalue weighted by molar-refractivity contribution is 0.203. The summed E-state index contributed by atoms with van der Waals surface area (Å²) in [4.78, 5) is 2.26. The molecule has 1 atom stereocenters. The molecule has 0 bridgehead atoms. The van der Waals surface area contributed by atoms with E-state index < -0.39 is 16.1 Å². The van der Waals surface area contributed by atoms with Crippen LogP contribution in [-0.4, -0.2) is 26.7 Å². The standard InChI is InChI=1S/C21H29NO4S2/c1-4-26-17-8-7-15(2)13-19(17)28(24,25)22-14-21(11-5-6-12-21)20-10-9-18(27-20)16(3)23/h7-10,13,16,22-23H,4-6,11-12,14H2,1-3H3. The first kappa shape index (κ1) is 21.3. The summed E-state index contributed by atoms with van der Waals surface area (Å²) < 4.78 is 34.6. The molecule has 0 spiro atoms. The molecule has 7 heteroatoms. The molecule has 5 nitrogen and oxygen atoms in total. The lowest BCUT2D eigenvalue weighted by Gasteiger charge is -2.28. The highest BCUT2D eigenvalue weighted by molar-refractivity contribution is 7.89. The summed E-state index contributed by atoms with van der Waals surface area (Å²) in [7, 11) is -3.70. The van der Waals surface area contributed by atoms with Gasteiger partial charge in [0.15, 0.2) is 0 Å². The number of aryl methyl sites for hydroxylation is 1. The molecule has 1 saturated carbocycles. The third-order valence-corrected chi connectivity index (χ3v) is 8.34. The van der Waals surface area contributed by atoms with Gasteiger partial charge in [0.1, 0.15) is 10.6 Å². The zero-order chi connectivity index (χ0) is 20.4. The van der Waals surface area contributed by atoms with E-state index in [4.69, 9.17) is 4.74 Å². The summed E-state index contributed by atoms with van der Waals surface area (Å²) in [6, 6.07) is 9.22. The largest absolute Gasteiger partial charge is 0.492 e. The third kappa shape index (κ3) is 4.43. The molecule has 2 N–H and O–H groups in total. The first-order valence-corrected chi connectivity index (χ1v) is 12.1. The van der Waals surface area contributed by atoms with E-state index in [1.807, 2.05) is 32.0 Å². The van der Waals surface area contributed by atoms with Crippen LogP contribution in [0.2, 0.25) is 0 Å². The zero-order valence-corrected chi connectivity index (χ0v) is 18.3. The van der Waals surface area contributed by atoms with Crippen molar-refractivity contribution >= 4 is 21.4 Å². The number of ether oxygens (including phenoxy) is 1. The fourth-order valence-corrected chi connectivity index (χ4v) is 6.38. The van der Waals surface area contributed by atoms with E-state index in [1.54, 1.807) is 30.4 Å². The Bertz CT molecular complexity index is 912. The van der Waals surface area contributed by atoms with E-state index in [2.05, 4.69) is 4.72 Å². The quantitative estimate of drug-likeness (QED) is 0.664. The van der Waals surface area contributed by atoms with Crippen LogP contribution in [0, 0.1) is 6.92 Å². The normalized spacial score (nSPS) is 17.6. The Labute approximate surface area is 171 Å². The number of benzene rings is 1. The van der Waals surface area contributed by atoms with Crippen LogP contribution in [0.3, 0.4) is 0 Å². The molecule has 154 valence electrons. The maximum atomic E-state index is 13.1. The van der Waals surface area contributed by atoms with E-state index >= 15 is 0 Å². The van der Waals surface area contributed by atoms with E-state index in [-0.39, 0.29) is 10.3 Å². The summed E-state index contributed by atoms with van der Waals surface area (Å²) in [6.45, 7) is 6.23. The maximum absolute atomic E-state index is 13.1. The van der Waals surface area contributed by atoms with E-state index in [9.17, 15) is 13.5 Å². The average molecular weight is 424 g/mol. The molecule has 1 aliphatic carbocycles. The highest BCUT2D eigenvalue weighted by atomic mass is 32.2. The minimum Gasteiger partial charge on any atom is -0.492 e. The molecule has 1 aliphatic rings. The smallest absolute Gasteiger partial charge is 0.244 e. The number of aliphatic hydroxyl groups excluding tert-OH is 1. The van der Waals surface area contributed by atoms with Crippen molar-refractivity contribution in [3.05, 3.63) is 45.6 Å². The van der Waals surface area contributed by atoms with Crippen molar-refractivity contribution in [2.45, 2.75) is 62.9 Å². The minimum absolute atomic E-state index is 0.193. The fourth-order valence-electron chi connectivity index (χ4n) is 3.84. The van der Waals surface area contributed by atoms with Crippen LogP contribution in [0.4, 0.5) is 0 Å². The summed E-state index contributed by atoms with van der Waals surface area (Å²) in [6.07, 6.45) is 3.55. The molecular weight excluding hydrogens is 394 g/mol. The minimum atomic E-state index is -3.70. The van der Waals surface area contributed by atoms with Gasteiger partial charge in [-0.3, -0.25) is 0 Å². The summed E-state index contributed by atoms with van der Waals surface area (Å²) in [5.74, 6) is 0.383. The monoisotopic (exact) mass is 423 g/mol. The van der Waals surface area contributed by atoms with Crippen molar-refractivity contribution in [1.82, 2.24) is 4.72 Å². The third-order valence-electron chi connectivity index (χ3n) is 5.41. The number of sulfonamides is 1. The number of aliphatic hydroxyl groups is 1. The van der Waals surface area contributed by atoms with E-state index in [0.29, 0.717) is 18.9 Å². The number of hydrogen-bond acceptors (Lipinski definition) is 5. The predicted octanol–water partition coefficient (Wildman–Crippen LogP) is 4.30. The van der Waals surface area contributed by atoms with Crippen molar-refractivity contribution in [2.24, 2.45) is 0 Å². The van der Waals surface area contributed by atoms with Gasteiger partial charge >= 0.3 is 0 Å². The molecule has 1 aromatic heterocycles. The fraction of sp³-hybridized carbons (Fsp3) is 0.524. The molecule has 3 rings (SSSR count). The Morgan fingerprint density at radius 2 is 1.96 bits per heavy atom. The summed E-state index contributed by atoms with van der Waals surface area (Å²) in [5, 5.41) is 9.86. The first-order chi connectivity index (χ1) is 13.3. The van der Waals surface area contributed by atoms with E-state index in [0.717, 1.165) is 41.0 Å². The topological polar surface area (TPSA) is 75.6 Å². The van der Waals surface area contributed by atoms with Crippen LogP contribution in [-0.2, 0) is 15.4 Å².